The Hall–Kier alpha value is 0.740. The summed E-state index contributed by atoms with van der Waals surface area (Å²) in [4.78, 5) is 0. The van der Waals surface area contributed by atoms with Gasteiger partial charge in [-0.25, -0.2) is 0 Å². The van der Waals surface area contributed by atoms with Crippen molar-refractivity contribution in [1.82, 2.24) is 18.2 Å². The van der Waals surface area contributed by atoms with E-state index < -0.39 is 14.6 Å². The van der Waals surface area contributed by atoms with Gasteiger partial charge in [-0.15, -0.1) is 4.17 Å². The van der Waals surface area contributed by atoms with Crippen molar-refractivity contribution in [1.29, 1.82) is 0 Å². The molecular weight excluding hydrogens is 442 g/mol. The normalized spacial score (nSPS) is 12.5. The highest BCUT2D eigenvalue weighted by Gasteiger charge is 2.48. The van der Waals surface area contributed by atoms with E-state index in [0.29, 0.717) is 0 Å². The Labute approximate surface area is 203 Å². The highest BCUT2D eigenvalue weighted by atomic mass is 35.5. The lowest BCUT2D eigenvalue weighted by Crippen LogP contribution is -3.00. The minimum absolute atomic E-state index is 0. The average Bonchev–Trinajstić information content (AvgIpc) is 2.77. The first-order valence-electron chi connectivity index (χ1n) is 13.2. The Balaban J connectivity index is 0. The van der Waals surface area contributed by atoms with Gasteiger partial charge in [0.15, 0.2) is 0 Å². The van der Waals surface area contributed by atoms with Crippen LogP contribution in [0, 0.1) is 0 Å². The van der Waals surface area contributed by atoms with Crippen molar-refractivity contribution in [2.24, 2.45) is 0 Å². The molecule has 0 aliphatic carbocycles. The van der Waals surface area contributed by atoms with Crippen LogP contribution < -0.4 is 16.6 Å². The van der Waals surface area contributed by atoms with E-state index in [4.69, 9.17) is 4.17 Å². The summed E-state index contributed by atoms with van der Waals surface area (Å²) >= 11 is 0. The van der Waals surface area contributed by atoms with Crippen LogP contribution in [-0.2, 0) is 0 Å². The van der Waals surface area contributed by atoms with Gasteiger partial charge in [0.25, 0.3) is 0 Å². The molecule has 0 aromatic heterocycles. The van der Waals surface area contributed by atoms with Crippen molar-refractivity contribution in [3.05, 3.63) is 0 Å². The smallest absolute Gasteiger partial charge is 0.426 e. The van der Waals surface area contributed by atoms with Crippen LogP contribution >= 0.6 is 14.6 Å². The zero-order chi connectivity index (χ0) is 23.0. The van der Waals surface area contributed by atoms with Gasteiger partial charge in [-0.2, -0.15) is 14.0 Å². The summed E-state index contributed by atoms with van der Waals surface area (Å²) in [6.07, 6.45) is 12.0. The van der Waals surface area contributed by atoms with Crippen LogP contribution in [0.2, 0.25) is 0 Å². The third-order valence-electron chi connectivity index (χ3n) is 6.42. The minimum Gasteiger partial charge on any atom is -1.00 e. The van der Waals surface area contributed by atoms with Gasteiger partial charge in [-0.05, 0) is 19.3 Å². The fourth-order valence-corrected chi connectivity index (χ4v) is 15.8. The van der Waals surface area contributed by atoms with Gasteiger partial charge in [0.1, 0.15) is 0 Å². The lowest BCUT2D eigenvalue weighted by molar-refractivity contribution is -0.00000767. The Bertz CT molecular complexity index is 471. The van der Waals surface area contributed by atoms with Gasteiger partial charge in [-0.3, -0.25) is 0 Å². The fourth-order valence-electron chi connectivity index (χ4n) is 4.60. The van der Waals surface area contributed by atoms with Crippen molar-refractivity contribution < 1.29 is 12.4 Å². The van der Waals surface area contributed by atoms with Crippen LogP contribution in [0.1, 0.15) is 101 Å². The zero-order valence-corrected chi connectivity index (χ0v) is 25.2. The first kappa shape index (κ1) is 33.9. The molecule has 0 saturated heterocycles. The summed E-state index contributed by atoms with van der Waals surface area (Å²) in [7, 11) is -3.25. The monoisotopic (exact) mass is 498 g/mol. The molecule has 7 heteroatoms. The summed E-state index contributed by atoms with van der Waals surface area (Å²) < 4.78 is 14.6. The van der Waals surface area contributed by atoms with E-state index in [0.717, 1.165) is 39.3 Å². The fraction of sp³-hybridized carbons (Fsp3) is 1.00. The van der Waals surface area contributed by atoms with Crippen LogP contribution in [0.4, 0.5) is 0 Å². The minimum atomic E-state index is -1.89. The van der Waals surface area contributed by atoms with E-state index in [-0.39, 0.29) is 12.4 Å². The van der Waals surface area contributed by atoms with Gasteiger partial charge < -0.3 is 12.4 Å². The SMILES string of the molecule is CCCCP(CCCC)(CCCC)=[N+]=P(N(CC)CC)(N(CC)CC)N(CC)CC.[Cl-]. The molecule has 0 saturated carbocycles. The van der Waals surface area contributed by atoms with Crippen LogP contribution in [0.15, 0.2) is 0 Å². The standard InChI is InChI=1S/C24H57N4P2.ClH/c1-10-19-22-29(23-20-11-2,24-21-12-3)25-30(26(13-4)14-5,27(15-6)16-7)28(17-8)18-9;/h10-24H2,1-9H3;1H/q+1;/p-1. The molecule has 190 valence electrons. The van der Waals surface area contributed by atoms with Gasteiger partial charge in [-0.1, -0.05) is 81.6 Å². The quantitative estimate of drug-likeness (QED) is 0.203. The summed E-state index contributed by atoms with van der Waals surface area (Å²) in [6, 6.07) is 0. The van der Waals surface area contributed by atoms with E-state index in [1.807, 2.05) is 0 Å². The second-order valence-electron chi connectivity index (χ2n) is 8.37. The van der Waals surface area contributed by atoms with E-state index in [1.54, 1.807) is 0 Å². The van der Waals surface area contributed by atoms with Crippen LogP contribution in [-0.4, -0.2) is 71.8 Å². The average molecular weight is 499 g/mol. The molecule has 0 spiro atoms. The molecule has 0 aromatic rings. The molecule has 0 aliphatic heterocycles. The topological polar surface area (TPSA) is 23.8 Å². The van der Waals surface area contributed by atoms with Crippen LogP contribution in [0.5, 0.6) is 0 Å². The molecule has 0 radical (unpaired) electrons. The maximum absolute atomic E-state index is 6.28. The highest BCUT2D eigenvalue weighted by Crippen LogP contribution is 2.60. The Morgan fingerprint density at radius 2 is 0.742 bits per heavy atom. The number of hydrogen-bond acceptors (Lipinski definition) is 0. The third-order valence-corrected chi connectivity index (χ3v) is 16.3. The first-order chi connectivity index (χ1) is 14.4. The van der Waals surface area contributed by atoms with E-state index in [1.165, 1.54) is 57.0 Å². The van der Waals surface area contributed by atoms with E-state index in [9.17, 15) is 0 Å². The summed E-state index contributed by atoms with van der Waals surface area (Å²) in [6.45, 7) is 27.7. The third kappa shape index (κ3) is 9.48. The highest BCUT2D eigenvalue weighted by molar-refractivity contribution is 7.70. The predicted octanol–water partition coefficient (Wildman–Crippen LogP) is 4.63. The number of halogens is 1. The van der Waals surface area contributed by atoms with Crippen molar-refractivity contribution in [2.45, 2.75) is 101 Å². The van der Waals surface area contributed by atoms with E-state index >= 15 is 0 Å². The predicted molar refractivity (Wildman–Crippen MR) is 144 cm³/mol. The molecule has 0 rings (SSSR count). The molecule has 0 unspecified atom stereocenters. The molecule has 31 heavy (non-hydrogen) atoms. The largest absolute Gasteiger partial charge is 1.00 e. The number of unbranched alkanes of at least 4 members (excludes halogenated alkanes) is 3. The summed E-state index contributed by atoms with van der Waals surface area (Å²) in [5.74, 6) is 0. The Morgan fingerprint density at radius 1 is 0.484 bits per heavy atom. The van der Waals surface area contributed by atoms with Gasteiger partial charge in [0.05, 0.1) is 0 Å². The molecular formula is C24H57ClN4P2. The maximum Gasteiger partial charge on any atom is 0.426 e. The van der Waals surface area contributed by atoms with Crippen molar-refractivity contribution in [3.63, 3.8) is 0 Å². The molecule has 0 bridgehead atoms. The Kier molecular flexibility index (Phi) is 20.9. The van der Waals surface area contributed by atoms with Crippen molar-refractivity contribution in [2.75, 3.05) is 57.8 Å². The van der Waals surface area contributed by atoms with Crippen molar-refractivity contribution in [3.8, 4) is 0 Å². The van der Waals surface area contributed by atoms with Crippen LogP contribution in [0.3, 0.4) is 0 Å². The second kappa shape index (κ2) is 19.1. The van der Waals surface area contributed by atoms with Crippen LogP contribution in [0.25, 0.3) is 0 Å². The molecule has 0 atom stereocenters. The molecule has 0 heterocycles. The molecule has 0 N–H and O–H groups in total. The van der Waals surface area contributed by atoms with Gasteiger partial charge in [0, 0.05) is 57.8 Å². The summed E-state index contributed by atoms with van der Waals surface area (Å²) in [5.41, 5.74) is 0. The first-order valence-corrected chi connectivity index (χ1v) is 17.1. The van der Waals surface area contributed by atoms with E-state index in [2.05, 4.69) is 76.3 Å². The number of nitrogens with zero attached hydrogens (tertiary/aromatic N) is 4. The molecule has 0 fully saturated rings. The zero-order valence-electron chi connectivity index (χ0n) is 22.7. The summed E-state index contributed by atoms with van der Waals surface area (Å²) in [5, 5.41) is 0. The van der Waals surface area contributed by atoms with Gasteiger partial charge in [0.2, 0.25) is 7.05 Å². The molecule has 4 nitrogen and oxygen atoms in total. The Morgan fingerprint density at radius 3 is 0.935 bits per heavy atom. The molecule has 0 amide bonds. The number of hydrogen-bond donors (Lipinski definition) is 0. The lowest BCUT2D eigenvalue weighted by Gasteiger charge is -2.39. The molecule has 0 aromatic carbocycles. The van der Waals surface area contributed by atoms with Crippen molar-refractivity contribution >= 4 is 14.6 Å². The second-order valence-corrected chi connectivity index (χ2v) is 15.4. The van der Waals surface area contributed by atoms with Gasteiger partial charge >= 0.3 is 7.51 Å². The molecule has 0 aliphatic rings. The maximum atomic E-state index is 6.28. The lowest BCUT2D eigenvalue weighted by atomic mass is 10.4. The number of rotatable bonds is 18.